The molecule has 1 atom stereocenters. The molecule has 2 aromatic carbocycles. The van der Waals surface area contributed by atoms with Crippen LogP contribution in [0.2, 0.25) is 0 Å². The number of hydrogen-bond acceptors (Lipinski definition) is 2. The van der Waals surface area contributed by atoms with Gasteiger partial charge < -0.3 is 4.74 Å². The zero-order valence-corrected chi connectivity index (χ0v) is 13.2. The summed E-state index contributed by atoms with van der Waals surface area (Å²) in [6.45, 7) is 4.20. The molecule has 0 N–H and O–H groups in total. The van der Waals surface area contributed by atoms with E-state index in [0.29, 0.717) is 5.52 Å². The molecule has 0 spiro atoms. The van der Waals surface area contributed by atoms with Crippen molar-refractivity contribution in [2.24, 2.45) is 0 Å². The quantitative estimate of drug-likeness (QED) is 0.643. The summed E-state index contributed by atoms with van der Waals surface area (Å²) in [6, 6.07) is 15.4. The number of para-hydroxylation sites is 1. The Bertz CT molecular complexity index is 888. The number of rotatable bonds is 1. The van der Waals surface area contributed by atoms with Gasteiger partial charge in [0.2, 0.25) is 0 Å². The molecule has 0 bridgehead atoms. The Balaban J connectivity index is 1.87. The smallest absolute Gasteiger partial charge is 0.149 e. The molecule has 1 aliphatic heterocycles. The number of aromatic nitrogens is 1. The van der Waals surface area contributed by atoms with E-state index >= 15 is 0 Å². The van der Waals surface area contributed by atoms with E-state index in [4.69, 9.17) is 4.74 Å². The lowest BCUT2D eigenvalue weighted by molar-refractivity contribution is -0.0669. The number of hydrogen-bond donors (Lipinski definition) is 0. The third kappa shape index (κ3) is 2.51. The number of benzene rings is 2. The standard InChI is InChI=1S/C20H18FNO/c1-20(2)11-14-6-3-4-8-16(14)19(23-20)15-10-13-7-5-9-17(21)18(13)22-12-15/h3-10,12,19H,11H2,1-2H3. The van der Waals surface area contributed by atoms with E-state index in [1.807, 2.05) is 18.2 Å². The number of nitrogens with zero attached hydrogens (tertiary/aromatic N) is 1. The molecule has 23 heavy (non-hydrogen) atoms. The third-order valence-electron chi connectivity index (χ3n) is 4.38. The van der Waals surface area contributed by atoms with Gasteiger partial charge in [0, 0.05) is 23.6 Å². The van der Waals surface area contributed by atoms with Gasteiger partial charge in [-0.3, -0.25) is 4.98 Å². The van der Waals surface area contributed by atoms with Gasteiger partial charge in [-0.2, -0.15) is 0 Å². The zero-order valence-electron chi connectivity index (χ0n) is 13.2. The molecule has 116 valence electrons. The van der Waals surface area contributed by atoms with Crippen LogP contribution in [0, 0.1) is 5.82 Å². The molecule has 2 nitrogen and oxygen atoms in total. The second-order valence-electron chi connectivity index (χ2n) is 6.71. The van der Waals surface area contributed by atoms with E-state index in [9.17, 15) is 4.39 Å². The fourth-order valence-corrected chi connectivity index (χ4v) is 3.37. The van der Waals surface area contributed by atoms with Crippen molar-refractivity contribution in [2.45, 2.75) is 32.0 Å². The monoisotopic (exact) mass is 307 g/mol. The average Bonchev–Trinajstić information content (AvgIpc) is 2.53. The van der Waals surface area contributed by atoms with E-state index < -0.39 is 0 Å². The van der Waals surface area contributed by atoms with Crippen molar-refractivity contribution in [3.05, 3.63) is 77.2 Å². The van der Waals surface area contributed by atoms with Gasteiger partial charge in [-0.15, -0.1) is 0 Å². The van der Waals surface area contributed by atoms with Crippen LogP contribution >= 0.6 is 0 Å². The summed E-state index contributed by atoms with van der Waals surface area (Å²) in [5.74, 6) is -0.292. The molecule has 1 aliphatic rings. The van der Waals surface area contributed by atoms with Crippen LogP contribution in [-0.2, 0) is 11.2 Å². The molecule has 4 rings (SSSR count). The van der Waals surface area contributed by atoms with E-state index in [-0.39, 0.29) is 17.5 Å². The first-order valence-electron chi connectivity index (χ1n) is 7.83. The van der Waals surface area contributed by atoms with E-state index in [1.165, 1.54) is 17.2 Å². The molecule has 0 radical (unpaired) electrons. The van der Waals surface area contributed by atoms with Crippen molar-refractivity contribution in [1.29, 1.82) is 0 Å². The molecule has 0 fully saturated rings. The minimum Gasteiger partial charge on any atom is -0.363 e. The van der Waals surface area contributed by atoms with Gasteiger partial charge in [0.15, 0.2) is 0 Å². The summed E-state index contributed by atoms with van der Waals surface area (Å²) in [5.41, 5.74) is 3.59. The van der Waals surface area contributed by atoms with Gasteiger partial charge in [-0.05, 0) is 37.1 Å². The van der Waals surface area contributed by atoms with Crippen LogP contribution in [0.1, 0.15) is 36.6 Å². The average molecular weight is 307 g/mol. The predicted octanol–water partition coefficient (Wildman–Crippen LogP) is 4.81. The Morgan fingerprint density at radius 3 is 2.83 bits per heavy atom. The highest BCUT2D eigenvalue weighted by atomic mass is 19.1. The third-order valence-corrected chi connectivity index (χ3v) is 4.38. The lowest BCUT2D eigenvalue weighted by Gasteiger charge is -2.37. The highest BCUT2D eigenvalue weighted by Crippen LogP contribution is 2.39. The van der Waals surface area contributed by atoms with E-state index in [2.05, 4.69) is 37.0 Å². The summed E-state index contributed by atoms with van der Waals surface area (Å²) in [7, 11) is 0. The number of ether oxygens (including phenoxy) is 1. The maximum absolute atomic E-state index is 13.8. The lowest BCUT2D eigenvalue weighted by atomic mass is 9.86. The first-order valence-corrected chi connectivity index (χ1v) is 7.83. The van der Waals surface area contributed by atoms with Gasteiger partial charge in [-0.25, -0.2) is 4.39 Å². The van der Waals surface area contributed by atoms with Crippen molar-refractivity contribution in [1.82, 2.24) is 4.98 Å². The highest BCUT2D eigenvalue weighted by molar-refractivity contribution is 5.79. The fourth-order valence-electron chi connectivity index (χ4n) is 3.37. The van der Waals surface area contributed by atoms with Crippen molar-refractivity contribution in [3.8, 4) is 0 Å². The minimum atomic E-state index is -0.292. The van der Waals surface area contributed by atoms with Crippen LogP contribution in [0.5, 0.6) is 0 Å². The van der Waals surface area contributed by atoms with E-state index in [1.54, 1.807) is 12.3 Å². The minimum absolute atomic E-state index is 0.171. The largest absolute Gasteiger partial charge is 0.363 e. The van der Waals surface area contributed by atoms with Crippen molar-refractivity contribution in [3.63, 3.8) is 0 Å². The molecule has 2 heterocycles. The highest BCUT2D eigenvalue weighted by Gasteiger charge is 2.33. The number of fused-ring (bicyclic) bond motifs is 2. The van der Waals surface area contributed by atoms with Crippen LogP contribution in [0.15, 0.2) is 54.7 Å². The second-order valence-corrected chi connectivity index (χ2v) is 6.71. The number of halogens is 1. The molecule has 3 aromatic rings. The van der Waals surface area contributed by atoms with Gasteiger partial charge in [0.05, 0.1) is 5.60 Å². The Kier molecular flexibility index (Phi) is 3.20. The molecule has 0 aliphatic carbocycles. The summed E-state index contributed by atoms with van der Waals surface area (Å²) in [4.78, 5) is 4.32. The first-order chi connectivity index (χ1) is 11.0. The lowest BCUT2D eigenvalue weighted by Crippen LogP contribution is -2.35. The molecular weight excluding hydrogens is 289 g/mol. The van der Waals surface area contributed by atoms with E-state index in [0.717, 1.165) is 17.4 Å². The molecular formula is C20H18FNO. The van der Waals surface area contributed by atoms with Crippen LogP contribution in [0.3, 0.4) is 0 Å². The number of pyridine rings is 1. The Labute approximate surface area is 134 Å². The van der Waals surface area contributed by atoms with Crippen LogP contribution < -0.4 is 0 Å². The molecule has 0 saturated carbocycles. The maximum atomic E-state index is 13.8. The normalized spacial score (nSPS) is 19.5. The molecule has 3 heteroatoms. The van der Waals surface area contributed by atoms with Crippen molar-refractivity contribution < 1.29 is 9.13 Å². The molecule has 1 unspecified atom stereocenters. The summed E-state index contributed by atoms with van der Waals surface area (Å²) in [5, 5.41) is 0.798. The van der Waals surface area contributed by atoms with Crippen molar-refractivity contribution in [2.75, 3.05) is 0 Å². The van der Waals surface area contributed by atoms with Gasteiger partial charge in [0.25, 0.3) is 0 Å². The van der Waals surface area contributed by atoms with Gasteiger partial charge in [0.1, 0.15) is 17.4 Å². The summed E-state index contributed by atoms with van der Waals surface area (Å²) < 4.78 is 20.2. The van der Waals surface area contributed by atoms with Crippen LogP contribution in [0.25, 0.3) is 10.9 Å². The van der Waals surface area contributed by atoms with Crippen LogP contribution in [0.4, 0.5) is 4.39 Å². The maximum Gasteiger partial charge on any atom is 0.149 e. The van der Waals surface area contributed by atoms with Crippen molar-refractivity contribution >= 4 is 10.9 Å². The Hall–Kier alpha value is -2.26. The first kappa shape index (κ1) is 14.3. The summed E-state index contributed by atoms with van der Waals surface area (Å²) in [6.07, 6.45) is 2.44. The van der Waals surface area contributed by atoms with Gasteiger partial charge >= 0.3 is 0 Å². The molecule has 0 amide bonds. The second kappa shape index (κ2) is 5.14. The Morgan fingerprint density at radius 1 is 1.13 bits per heavy atom. The van der Waals surface area contributed by atoms with Gasteiger partial charge in [-0.1, -0.05) is 36.4 Å². The zero-order chi connectivity index (χ0) is 16.0. The topological polar surface area (TPSA) is 22.1 Å². The predicted molar refractivity (Wildman–Crippen MR) is 88.9 cm³/mol. The van der Waals surface area contributed by atoms with Crippen LogP contribution in [-0.4, -0.2) is 10.6 Å². The molecule has 1 aromatic heterocycles. The Morgan fingerprint density at radius 2 is 1.96 bits per heavy atom. The SMILES string of the molecule is CC1(C)Cc2ccccc2C(c2cnc3c(F)cccc3c2)O1. The summed E-state index contributed by atoms with van der Waals surface area (Å²) >= 11 is 0. The molecule has 0 saturated heterocycles. The fraction of sp³-hybridized carbons (Fsp3) is 0.250.